The van der Waals surface area contributed by atoms with Crippen molar-refractivity contribution in [3.8, 4) is 5.75 Å². The molecule has 0 aliphatic heterocycles. The van der Waals surface area contributed by atoms with Gasteiger partial charge < -0.3 is 14.1 Å². The largest absolute Gasteiger partial charge is 0.505 e. The van der Waals surface area contributed by atoms with E-state index >= 15 is 0 Å². The van der Waals surface area contributed by atoms with Crippen LogP contribution in [0, 0.1) is 12.7 Å². The summed E-state index contributed by atoms with van der Waals surface area (Å²) in [6.07, 6.45) is 0. The average molecular weight is 468 g/mol. The molecule has 0 atom stereocenters. The number of aromatic nitrogens is 3. The first-order valence-corrected chi connectivity index (χ1v) is 11.1. The molecule has 3 heterocycles. The molecular weight excluding hydrogens is 453 g/mol. The van der Waals surface area contributed by atoms with Gasteiger partial charge in [-0.2, -0.15) is 0 Å². The Bertz CT molecular complexity index is 1610. The van der Waals surface area contributed by atoms with Crippen molar-refractivity contribution in [2.24, 2.45) is 0 Å². The lowest BCUT2D eigenvalue weighted by Gasteiger charge is -2.14. The van der Waals surface area contributed by atoms with Crippen LogP contribution in [0.1, 0.15) is 10.6 Å². The van der Waals surface area contributed by atoms with Crippen LogP contribution in [-0.4, -0.2) is 19.9 Å². The number of hydrogen-bond donors (Lipinski definition) is 1. The maximum atomic E-state index is 13.5. The fraction of sp³-hybridized carbons (Fsp3) is 0.0909. The van der Waals surface area contributed by atoms with Crippen LogP contribution in [-0.2, 0) is 6.54 Å². The fourth-order valence-electron chi connectivity index (χ4n) is 3.47. The van der Waals surface area contributed by atoms with Gasteiger partial charge in [-0.25, -0.2) is 9.18 Å². The number of fused-ring (bicyclic) bond motifs is 3. The van der Waals surface area contributed by atoms with Crippen molar-refractivity contribution in [3.63, 3.8) is 0 Å². The maximum absolute atomic E-state index is 13.5. The lowest BCUT2D eigenvalue weighted by Crippen LogP contribution is -2.22. The van der Waals surface area contributed by atoms with Gasteiger partial charge >= 0.3 is 5.63 Å². The molecule has 2 aromatic carbocycles. The molecule has 0 fully saturated rings. The Balaban J connectivity index is 1.78. The molecule has 5 rings (SSSR count). The quantitative estimate of drug-likeness (QED) is 0.393. The molecule has 10 heteroatoms. The van der Waals surface area contributed by atoms with E-state index in [4.69, 9.17) is 4.42 Å². The first-order valence-electron chi connectivity index (χ1n) is 9.46. The van der Waals surface area contributed by atoms with Gasteiger partial charge in [-0.3, -0.25) is 4.79 Å². The molecule has 0 aliphatic rings. The van der Waals surface area contributed by atoms with Crippen LogP contribution in [0.3, 0.4) is 0 Å². The summed E-state index contributed by atoms with van der Waals surface area (Å²) in [6.45, 7) is 1.91. The topological polar surface area (TPSA) is 98.2 Å². The highest BCUT2D eigenvalue weighted by atomic mass is 32.2. The number of aromatic hydroxyl groups is 1. The maximum Gasteiger partial charge on any atom is 0.354 e. The Labute approximate surface area is 187 Å². The number of aryl methyl sites for hydroxylation is 1. The van der Waals surface area contributed by atoms with Gasteiger partial charge in [0.1, 0.15) is 21.1 Å². The van der Waals surface area contributed by atoms with E-state index in [9.17, 15) is 19.1 Å². The van der Waals surface area contributed by atoms with Gasteiger partial charge in [0.15, 0.2) is 15.7 Å². The van der Waals surface area contributed by atoms with Gasteiger partial charge in [0.25, 0.3) is 5.56 Å². The number of benzene rings is 2. The van der Waals surface area contributed by atoms with Crippen LogP contribution in [0.4, 0.5) is 4.39 Å². The highest BCUT2D eigenvalue weighted by Crippen LogP contribution is 2.38. The number of rotatable bonds is 4. The van der Waals surface area contributed by atoms with E-state index in [0.29, 0.717) is 25.8 Å². The SMILES string of the molecule is Cc1nnc(Sc2c(O)c3c(=O)n(Cc4ccc(F)cc4)c4ccccc4c3oc2=O)s1. The lowest BCUT2D eigenvalue weighted by molar-refractivity contribution is 0.446. The van der Waals surface area contributed by atoms with Gasteiger partial charge in [0, 0.05) is 5.39 Å². The molecule has 1 N–H and O–H groups in total. The second-order valence-electron chi connectivity index (χ2n) is 7.00. The van der Waals surface area contributed by atoms with Crippen LogP contribution < -0.4 is 11.2 Å². The highest BCUT2D eigenvalue weighted by molar-refractivity contribution is 8.01. The van der Waals surface area contributed by atoms with E-state index in [-0.39, 0.29) is 28.2 Å². The molecule has 32 heavy (non-hydrogen) atoms. The van der Waals surface area contributed by atoms with Crippen molar-refractivity contribution in [2.45, 2.75) is 22.7 Å². The van der Waals surface area contributed by atoms with Crippen LogP contribution in [0.15, 0.2) is 71.8 Å². The van der Waals surface area contributed by atoms with E-state index in [1.54, 1.807) is 43.3 Å². The van der Waals surface area contributed by atoms with Crippen molar-refractivity contribution < 1.29 is 13.9 Å². The number of para-hydroxylation sites is 1. The van der Waals surface area contributed by atoms with Crippen molar-refractivity contribution in [2.75, 3.05) is 0 Å². The summed E-state index contributed by atoms with van der Waals surface area (Å²) in [6, 6.07) is 12.8. The summed E-state index contributed by atoms with van der Waals surface area (Å²) in [7, 11) is 0. The van der Waals surface area contributed by atoms with E-state index in [2.05, 4.69) is 10.2 Å². The molecule has 160 valence electrons. The predicted octanol–water partition coefficient (Wildman–Crippen LogP) is 4.31. The van der Waals surface area contributed by atoms with Gasteiger partial charge in [-0.15, -0.1) is 10.2 Å². The Morgan fingerprint density at radius 2 is 1.88 bits per heavy atom. The standard InChI is InChI=1S/C22H14FN3O4S2/c1-11-24-25-22(31-11)32-19-17(27)16-18(30-21(19)29)14-4-2-3-5-15(14)26(20(16)28)10-12-6-8-13(23)9-7-12/h2-9,27H,10H2,1H3. The molecule has 0 saturated carbocycles. The van der Waals surface area contributed by atoms with E-state index in [1.165, 1.54) is 28.0 Å². The Hall–Kier alpha value is -3.50. The van der Waals surface area contributed by atoms with Crippen molar-refractivity contribution in [3.05, 3.63) is 85.7 Å². The molecule has 0 unspecified atom stereocenters. The first-order chi connectivity index (χ1) is 15.4. The molecule has 5 aromatic rings. The predicted molar refractivity (Wildman–Crippen MR) is 120 cm³/mol. The Morgan fingerprint density at radius 1 is 1.12 bits per heavy atom. The molecule has 0 bridgehead atoms. The summed E-state index contributed by atoms with van der Waals surface area (Å²) in [4.78, 5) is 26.0. The number of pyridine rings is 1. The molecule has 0 radical (unpaired) electrons. The third-order valence-corrected chi connectivity index (χ3v) is 6.86. The lowest BCUT2D eigenvalue weighted by atomic mass is 10.1. The minimum absolute atomic E-state index is 0.0150. The normalized spacial score (nSPS) is 11.4. The van der Waals surface area contributed by atoms with Crippen LogP contribution in [0.2, 0.25) is 0 Å². The Morgan fingerprint density at radius 3 is 2.59 bits per heavy atom. The van der Waals surface area contributed by atoms with Crippen molar-refractivity contribution in [1.29, 1.82) is 0 Å². The molecule has 0 spiro atoms. The molecule has 3 aromatic heterocycles. The monoisotopic (exact) mass is 467 g/mol. The summed E-state index contributed by atoms with van der Waals surface area (Å²) < 4.78 is 20.8. The van der Waals surface area contributed by atoms with Gasteiger partial charge in [0.2, 0.25) is 0 Å². The van der Waals surface area contributed by atoms with E-state index in [0.717, 1.165) is 11.8 Å². The van der Waals surface area contributed by atoms with Crippen LogP contribution >= 0.6 is 23.1 Å². The second-order valence-corrected chi connectivity index (χ2v) is 9.43. The molecule has 0 saturated heterocycles. The van der Waals surface area contributed by atoms with Crippen molar-refractivity contribution >= 4 is 45.0 Å². The molecule has 0 amide bonds. The zero-order valence-electron chi connectivity index (χ0n) is 16.5. The number of halogens is 1. The van der Waals surface area contributed by atoms with Crippen LogP contribution in [0.5, 0.6) is 5.75 Å². The van der Waals surface area contributed by atoms with Gasteiger partial charge in [0.05, 0.1) is 12.1 Å². The average Bonchev–Trinajstić information content (AvgIpc) is 3.20. The highest BCUT2D eigenvalue weighted by Gasteiger charge is 2.23. The van der Waals surface area contributed by atoms with E-state index in [1.807, 2.05) is 0 Å². The zero-order chi connectivity index (χ0) is 22.4. The van der Waals surface area contributed by atoms with Crippen molar-refractivity contribution in [1.82, 2.24) is 14.8 Å². The van der Waals surface area contributed by atoms with E-state index < -0.39 is 16.9 Å². The van der Waals surface area contributed by atoms with Gasteiger partial charge in [-0.1, -0.05) is 35.6 Å². The third-order valence-electron chi connectivity index (χ3n) is 4.91. The first kappa shape index (κ1) is 20.4. The summed E-state index contributed by atoms with van der Waals surface area (Å²) in [5.41, 5.74) is -0.0552. The molecule has 7 nitrogen and oxygen atoms in total. The minimum atomic E-state index is -0.770. The minimum Gasteiger partial charge on any atom is -0.505 e. The summed E-state index contributed by atoms with van der Waals surface area (Å²) in [5.74, 6) is -0.838. The summed E-state index contributed by atoms with van der Waals surface area (Å²) in [5, 5.41) is 19.9. The Kier molecular flexibility index (Phi) is 5.03. The zero-order valence-corrected chi connectivity index (χ0v) is 18.2. The molecular formula is C22H14FN3O4S2. The van der Waals surface area contributed by atoms with Crippen LogP contribution in [0.25, 0.3) is 21.9 Å². The van der Waals surface area contributed by atoms with Gasteiger partial charge in [-0.05, 0) is 48.5 Å². The third kappa shape index (κ3) is 3.47. The number of nitrogens with zero attached hydrogens (tertiary/aromatic N) is 3. The molecule has 0 aliphatic carbocycles. The number of hydrogen-bond acceptors (Lipinski definition) is 8. The smallest absolute Gasteiger partial charge is 0.354 e. The fourth-order valence-corrected chi connectivity index (χ4v) is 5.24. The second kappa shape index (κ2) is 7.88. The summed E-state index contributed by atoms with van der Waals surface area (Å²) >= 11 is 2.15.